The van der Waals surface area contributed by atoms with Gasteiger partial charge >= 0.3 is 5.69 Å². The molecule has 1 heterocycles. The minimum absolute atomic E-state index is 0.00458. The van der Waals surface area contributed by atoms with E-state index in [1.807, 2.05) is 4.98 Å². The molecule has 0 saturated heterocycles. The minimum atomic E-state index is -5.38. The second-order valence-electron chi connectivity index (χ2n) is 4.75. The summed E-state index contributed by atoms with van der Waals surface area (Å²) in [6, 6.07) is 0. The fourth-order valence-electron chi connectivity index (χ4n) is 2.04. The standard InChI is InChI=1S/C12H8F5N3O4S/c1-3-9(11(21)19-12(22)18-3)20(2)25(23,24)10-7(16)5(14)4(13)6(15)8(10)17/h1-2H3,(H2,18,19,21,22). The maximum absolute atomic E-state index is 13.8. The first-order chi connectivity index (χ1) is 11.4. The fraction of sp³-hybridized carbons (Fsp3) is 0.167. The highest BCUT2D eigenvalue weighted by Gasteiger charge is 2.37. The van der Waals surface area contributed by atoms with Crippen molar-refractivity contribution in [3.8, 4) is 0 Å². The van der Waals surface area contributed by atoms with Gasteiger partial charge in [-0.25, -0.2) is 35.2 Å². The van der Waals surface area contributed by atoms with Crippen LogP contribution in [0.4, 0.5) is 27.6 Å². The molecular weight excluding hydrogens is 377 g/mol. The van der Waals surface area contributed by atoms with E-state index in [0.29, 0.717) is 7.05 Å². The number of aromatic nitrogens is 2. The molecule has 0 fully saturated rings. The molecule has 1 aromatic heterocycles. The molecule has 0 spiro atoms. The molecule has 0 aliphatic heterocycles. The van der Waals surface area contributed by atoms with Crippen molar-refractivity contribution in [2.45, 2.75) is 11.8 Å². The second kappa shape index (κ2) is 5.98. The molecule has 2 N–H and O–H groups in total. The van der Waals surface area contributed by atoms with Crippen LogP contribution in [0.3, 0.4) is 0 Å². The highest BCUT2D eigenvalue weighted by Crippen LogP contribution is 2.30. The van der Waals surface area contributed by atoms with Gasteiger partial charge in [0.2, 0.25) is 5.82 Å². The highest BCUT2D eigenvalue weighted by molar-refractivity contribution is 7.92. The number of anilines is 1. The average Bonchev–Trinajstić information content (AvgIpc) is 2.49. The van der Waals surface area contributed by atoms with Crippen molar-refractivity contribution in [3.05, 3.63) is 55.6 Å². The summed E-state index contributed by atoms with van der Waals surface area (Å²) in [7, 11) is -4.74. The zero-order chi connectivity index (χ0) is 19.3. The van der Waals surface area contributed by atoms with E-state index in [4.69, 9.17) is 0 Å². The Morgan fingerprint density at radius 2 is 1.28 bits per heavy atom. The van der Waals surface area contributed by atoms with E-state index < -0.39 is 60.9 Å². The van der Waals surface area contributed by atoms with E-state index in [2.05, 4.69) is 0 Å². The summed E-state index contributed by atoms with van der Waals surface area (Å²) >= 11 is 0. The molecule has 0 bridgehead atoms. The number of rotatable bonds is 3. The van der Waals surface area contributed by atoms with Crippen molar-refractivity contribution >= 4 is 15.7 Å². The number of halogens is 5. The van der Waals surface area contributed by atoms with Crippen LogP contribution in [0.15, 0.2) is 14.5 Å². The van der Waals surface area contributed by atoms with Crippen molar-refractivity contribution < 1.29 is 30.4 Å². The predicted molar refractivity (Wildman–Crippen MR) is 74.2 cm³/mol. The van der Waals surface area contributed by atoms with Gasteiger partial charge in [-0.05, 0) is 6.92 Å². The number of aromatic amines is 2. The number of aryl methyl sites for hydroxylation is 1. The van der Waals surface area contributed by atoms with Crippen molar-refractivity contribution in [1.82, 2.24) is 9.97 Å². The van der Waals surface area contributed by atoms with Crippen LogP contribution in [-0.2, 0) is 10.0 Å². The fourth-order valence-corrected chi connectivity index (χ4v) is 3.41. The van der Waals surface area contributed by atoms with Crippen LogP contribution in [-0.4, -0.2) is 25.4 Å². The van der Waals surface area contributed by atoms with Gasteiger partial charge in [-0.1, -0.05) is 0 Å². The maximum Gasteiger partial charge on any atom is 0.326 e. The van der Waals surface area contributed by atoms with Gasteiger partial charge in [-0.2, -0.15) is 0 Å². The Balaban J connectivity index is 2.82. The average molecular weight is 385 g/mol. The summed E-state index contributed by atoms with van der Waals surface area (Å²) in [6.45, 7) is 1.09. The quantitative estimate of drug-likeness (QED) is 0.465. The van der Waals surface area contributed by atoms with E-state index in [1.54, 1.807) is 4.98 Å². The number of H-pyrrole nitrogens is 2. The highest BCUT2D eigenvalue weighted by atomic mass is 32.2. The molecule has 0 saturated carbocycles. The van der Waals surface area contributed by atoms with Crippen molar-refractivity contribution in [1.29, 1.82) is 0 Å². The van der Waals surface area contributed by atoms with Gasteiger partial charge in [-0.15, -0.1) is 0 Å². The Labute approximate surface area is 135 Å². The first kappa shape index (κ1) is 18.6. The Morgan fingerprint density at radius 3 is 1.72 bits per heavy atom. The molecule has 1 aromatic carbocycles. The van der Waals surface area contributed by atoms with Gasteiger partial charge in [-0.3, -0.25) is 14.1 Å². The summed E-state index contributed by atoms with van der Waals surface area (Å²) in [4.78, 5) is 24.4. The van der Waals surface area contributed by atoms with Gasteiger partial charge in [0.05, 0.1) is 0 Å². The van der Waals surface area contributed by atoms with Crippen molar-refractivity contribution in [2.24, 2.45) is 0 Å². The topological polar surface area (TPSA) is 103 Å². The summed E-state index contributed by atoms with van der Waals surface area (Å²) in [6.07, 6.45) is 0. The number of nitrogens with zero attached hydrogens (tertiary/aromatic N) is 1. The Bertz CT molecular complexity index is 1060. The first-order valence-corrected chi connectivity index (χ1v) is 7.68. The molecule has 0 atom stereocenters. The van der Waals surface area contributed by atoms with Crippen LogP contribution in [0.5, 0.6) is 0 Å². The maximum atomic E-state index is 13.8. The largest absolute Gasteiger partial charge is 0.326 e. The molecule has 0 aliphatic carbocycles. The number of nitrogens with one attached hydrogen (secondary N) is 2. The third-order valence-electron chi connectivity index (χ3n) is 3.20. The van der Waals surface area contributed by atoms with E-state index in [0.717, 1.165) is 6.92 Å². The molecule has 7 nitrogen and oxygen atoms in total. The van der Waals surface area contributed by atoms with Gasteiger partial charge < -0.3 is 4.98 Å². The van der Waals surface area contributed by atoms with Crippen LogP contribution >= 0.6 is 0 Å². The number of hydrogen-bond acceptors (Lipinski definition) is 4. The van der Waals surface area contributed by atoms with Crippen LogP contribution in [0, 0.1) is 36.0 Å². The lowest BCUT2D eigenvalue weighted by atomic mass is 10.3. The predicted octanol–water partition coefficient (Wildman–Crippen LogP) is 0.892. The van der Waals surface area contributed by atoms with Gasteiger partial charge in [0, 0.05) is 12.7 Å². The van der Waals surface area contributed by atoms with Crippen molar-refractivity contribution in [3.63, 3.8) is 0 Å². The third-order valence-corrected chi connectivity index (χ3v) is 4.98. The SMILES string of the molecule is Cc1[nH]c(=O)[nH]c(=O)c1N(C)S(=O)(=O)c1c(F)c(F)c(F)c(F)c1F. The Morgan fingerprint density at radius 1 is 0.840 bits per heavy atom. The van der Waals surface area contributed by atoms with Crippen LogP contribution in [0.1, 0.15) is 5.69 Å². The molecular formula is C12H8F5N3O4S. The molecule has 2 aromatic rings. The van der Waals surface area contributed by atoms with Crippen LogP contribution in [0.2, 0.25) is 0 Å². The normalized spacial score (nSPS) is 11.6. The van der Waals surface area contributed by atoms with Gasteiger partial charge in [0.25, 0.3) is 15.6 Å². The molecule has 0 unspecified atom stereocenters. The second-order valence-corrected chi connectivity index (χ2v) is 6.66. The van der Waals surface area contributed by atoms with E-state index in [-0.39, 0.29) is 10.00 Å². The molecule has 0 amide bonds. The van der Waals surface area contributed by atoms with Gasteiger partial charge in [0.15, 0.2) is 28.2 Å². The van der Waals surface area contributed by atoms with E-state index in [9.17, 15) is 40.0 Å². The lowest BCUT2D eigenvalue weighted by Crippen LogP contribution is -2.36. The molecule has 2 rings (SSSR count). The van der Waals surface area contributed by atoms with Crippen LogP contribution < -0.4 is 15.6 Å². The van der Waals surface area contributed by atoms with Crippen LogP contribution in [0.25, 0.3) is 0 Å². The lowest BCUT2D eigenvalue weighted by Gasteiger charge is -2.20. The first-order valence-electron chi connectivity index (χ1n) is 6.24. The minimum Gasteiger partial charge on any atom is -0.309 e. The molecule has 136 valence electrons. The Kier molecular flexibility index (Phi) is 4.46. The van der Waals surface area contributed by atoms with Crippen molar-refractivity contribution in [2.75, 3.05) is 11.4 Å². The third kappa shape index (κ3) is 2.79. The monoisotopic (exact) mass is 385 g/mol. The number of hydrogen-bond donors (Lipinski definition) is 2. The summed E-state index contributed by atoms with van der Waals surface area (Å²) in [5.41, 5.74) is -3.34. The zero-order valence-electron chi connectivity index (χ0n) is 12.4. The molecule has 25 heavy (non-hydrogen) atoms. The van der Waals surface area contributed by atoms with Gasteiger partial charge in [0.1, 0.15) is 5.69 Å². The molecule has 0 aliphatic rings. The zero-order valence-corrected chi connectivity index (χ0v) is 13.2. The summed E-state index contributed by atoms with van der Waals surface area (Å²) in [5.74, 6) is -12.6. The Hall–Kier alpha value is -2.70. The van der Waals surface area contributed by atoms with E-state index in [1.165, 1.54) is 0 Å². The smallest absolute Gasteiger partial charge is 0.309 e. The molecule has 0 radical (unpaired) electrons. The lowest BCUT2D eigenvalue weighted by molar-refractivity contribution is 0.357. The van der Waals surface area contributed by atoms with E-state index >= 15 is 0 Å². The number of benzene rings is 1. The summed E-state index contributed by atoms with van der Waals surface area (Å²) < 4.78 is 91.7. The molecule has 13 heteroatoms. The number of sulfonamides is 1. The summed E-state index contributed by atoms with van der Waals surface area (Å²) in [5, 5.41) is 0.